The summed E-state index contributed by atoms with van der Waals surface area (Å²) in [6, 6.07) is 14.2. The van der Waals surface area contributed by atoms with Crippen LogP contribution in [0.4, 0.5) is 5.69 Å². The van der Waals surface area contributed by atoms with Gasteiger partial charge in [-0.25, -0.2) is 0 Å². The summed E-state index contributed by atoms with van der Waals surface area (Å²) in [6.45, 7) is 6.14. The number of carbonyl (C=O) groups is 1. The summed E-state index contributed by atoms with van der Waals surface area (Å²) < 4.78 is 0. The number of thiocarbonyl (C=S) groups is 1. The Hall–Kier alpha value is -2.46. The molecule has 1 fully saturated rings. The van der Waals surface area contributed by atoms with Crippen molar-refractivity contribution in [1.29, 1.82) is 0 Å². The average molecular weight is 336 g/mol. The van der Waals surface area contributed by atoms with E-state index in [0.717, 1.165) is 28.8 Å². The number of carbonyl (C=O) groups excluding carboxylic acids is 1. The lowest BCUT2D eigenvalue weighted by atomic mass is 10.1. The summed E-state index contributed by atoms with van der Waals surface area (Å²) in [5, 5.41) is 3.46. The molecule has 0 unspecified atom stereocenters. The molecule has 0 aliphatic carbocycles. The SMILES string of the molecule is CCc1ccc(/C=C2\NC(=S)N(c3ccc(C)cc3C)C2=O)cc1. The Morgan fingerprint density at radius 2 is 1.83 bits per heavy atom. The molecule has 122 valence electrons. The highest BCUT2D eigenvalue weighted by Crippen LogP contribution is 2.26. The predicted octanol–water partition coefficient (Wildman–Crippen LogP) is 4.13. The van der Waals surface area contributed by atoms with Gasteiger partial charge in [-0.05, 0) is 61.3 Å². The number of rotatable bonds is 3. The highest BCUT2D eigenvalue weighted by atomic mass is 32.1. The van der Waals surface area contributed by atoms with Gasteiger partial charge in [-0.2, -0.15) is 0 Å². The van der Waals surface area contributed by atoms with Gasteiger partial charge in [-0.3, -0.25) is 9.69 Å². The topological polar surface area (TPSA) is 32.3 Å². The van der Waals surface area contributed by atoms with Crippen LogP contribution in [0.1, 0.15) is 29.2 Å². The normalized spacial score (nSPS) is 16.0. The van der Waals surface area contributed by atoms with Crippen LogP contribution in [0.15, 0.2) is 48.2 Å². The van der Waals surface area contributed by atoms with E-state index < -0.39 is 0 Å². The zero-order chi connectivity index (χ0) is 17.3. The second-order valence-corrected chi connectivity index (χ2v) is 6.40. The van der Waals surface area contributed by atoms with Crippen LogP contribution in [0.3, 0.4) is 0 Å². The lowest BCUT2D eigenvalue weighted by molar-refractivity contribution is -0.113. The van der Waals surface area contributed by atoms with Crippen LogP contribution in [-0.4, -0.2) is 11.0 Å². The van der Waals surface area contributed by atoms with Crippen LogP contribution < -0.4 is 10.2 Å². The van der Waals surface area contributed by atoms with Crippen molar-refractivity contribution in [3.63, 3.8) is 0 Å². The number of hydrogen-bond donors (Lipinski definition) is 1. The lowest BCUT2D eigenvalue weighted by Crippen LogP contribution is -2.30. The first-order valence-corrected chi connectivity index (χ1v) is 8.43. The fraction of sp³-hybridized carbons (Fsp3) is 0.200. The summed E-state index contributed by atoms with van der Waals surface area (Å²) in [5.41, 5.74) is 5.77. The summed E-state index contributed by atoms with van der Waals surface area (Å²) >= 11 is 5.38. The third kappa shape index (κ3) is 3.10. The first kappa shape index (κ1) is 16.4. The van der Waals surface area contributed by atoms with Crippen LogP contribution in [-0.2, 0) is 11.2 Å². The van der Waals surface area contributed by atoms with Gasteiger partial charge >= 0.3 is 0 Å². The summed E-state index contributed by atoms with van der Waals surface area (Å²) in [6.07, 6.45) is 2.84. The van der Waals surface area contributed by atoms with E-state index in [-0.39, 0.29) is 5.91 Å². The number of nitrogens with one attached hydrogen (secondary N) is 1. The molecule has 3 nitrogen and oxygen atoms in total. The molecule has 3 rings (SSSR count). The van der Waals surface area contributed by atoms with E-state index in [9.17, 15) is 4.79 Å². The van der Waals surface area contributed by atoms with Crippen LogP contribution in [0, 0.1) is 13.8 Å². The van der Waals surface area contributed by atoms with Gasteiger partial charge in [0.05, 0.1) is 5.69 Å². The molecule has 1 aliphatic heterocycles. The highest BCUT2D eigenvalue weighted by molar-refractivity contribution is 7.80. The van der Waals surface area contributed by atoms with Crippen molar-refractivity contribution < 1.29 is 4.79 Å². The van der Waals surface area contributed by atoms with E-state index in [1.807, 2.05) is 44.2 Å². The average Bonchev–Trinajstić information content (AvgIpc) is 2.83. The first-order chi connectivity index (χ1) is 11.5. The maximum absolute atomic E-state index is 12.8. The molecule has 24 heavy (non-hydrogen) atoms. The fourth-order valence-corrected chi connectivity index (χ4v) is 3.12. The Morgan fingerprint density at radius 1 is 1.12 bits per heavy atom. The monoisotopic (exact) mass is 336 g/mol. The zero-order valence-electron chi connectivity index (χ0n) is 14.1. The van der Waals surface area contributed by atoms with Gasteiger partial charge < -0.3 is 5.32 Å². The minimum atomic E-state index is -0.119. The Morgan fingerprint density at radius 3 is 2.46 bits per heavy atom. The molecule has 0 atom stereocenters. The molecule has 4 heteroatoms. The molecular weight excluding hydrogens is 316 g/mol. The quantitative estimate of drug-likeness (QED) is 0.676. The van der Waals surface area contributed by atoms with Gasteiger partial charge in [-0.15, -0.1) is 0 Å². The summed E-state index contributed by atoms with van der Waals surface area (Å²) in [5.74, 6) is -0.119. The van der Waals surface area contributed by atoms with Crippen LogP contribution in [0.2, 0.25) is 0 Å². The fourth-order valence-electron chi connectivity index (χ4n) is 2.83. The molecule has 1 saturated heterocycles. The van der Waals surface area contributed by atoms with E-state index in [1.165, 1.54) is 5.56 Å². The van der Waals surface area contributed by atoms with Gasteiger partial charge in [0.15, 0.2) is 5.11 Å². The van der Waals surface area contributed by atoms with E-state index in [4.69, 9.17) is 12.2 Å². The standard InChI is InChI=1S/C20H20N2OS/c1-4-15-6-8-16(9-7-15)12-17-19(23)22(20(24)21-17)18-10-5-13(2)11-14(18)3/h5-12H,4H2,1-3H3,(H,21,24)/b17-12-. The molecular formula is C20H20N2OS. The molecule has 0 radical (unpaired) electrons. The van der Waals surface area contributed by atoms with E-state index >= 15 is 0 Å². The van der Waals surface area contributed by atoms with Gasteiger partial charge in [0.25, 0.3) is 5.91 Å². The number of benzene rings is 2. The van der Waals surface area contributed by atoms with E-state index in [1.54, 1.807) is 4.90 Å². The molecule has 0 spiro atoms. The van der Waals surface area contributed by atoms with Crippen molar-refractivity contribution in [2.75, 3.05) is 4.90 Å². The van der Waals surface area contributed by atoms with Gasteiger partial charge in [0, 0.05) is 0 Å². The number of anilines is 1. The predicted molar refractivity (Wildman–Crippen MR) is 103 cm³/mol. The largest absolute Gasteiger partial charge is 0.327 e. The van der Waals surface area contributed by atoms with E-state index in [0.29, 0.717) is 10.8 Å². The Bertz CT molecular complexity index is 837. The van der Waals surface area contributed by atoms with Crippen molar-refractivity contribution >= 4 is 35.0 Å². The third-order valence-electron chi connectivity index (χ3n) is 4.17. The number of nitrogens with zero attached hydrogens (tertiary/aromatic N) is 1. The molecule has 2 aromatic carbocycles. The summed E-state index contributed by atoms with van der Waals surface area (Å²) in [4.78, 5) is 14.4. The summed E-state index contributed by atoms with van der Waals surface area (Å²) in [7, 11) is 0. The minimum absolute atomic E-state index is 0.119. The minimum Gasteiger partial charge on any atom is -0.327 e. The highest BCUT2D eigenvalue weighted by Gasteiger charge is 2.32. The Balaban J connectivity index is 1.92. The molecule has 1 N–H and O–H groups in total. The van der Waals surface area contributed by atoms with Crippen molar-refractivity contribution in [2.45, 2.75) is 27.2 Å². The Kier molecular flexibility index (Phi) is 4.49. The second-order valence-electron chi connectivity index (χ2n) is 6.01. The third-order valence-corrected chi connectivity index (χ3v) is 4.45. The van der Waals surface area contributed by atoms with Crippen molar-refractivity contribution in [3.05, 3.63) is 70.4 Å². The number of amides is 1. The second kappa shape index (κ2) is 6.57. The number of hydrogen-bond acceptors (Lipinski definition) is 2. The van der Waals surface area contributed by atoms with Crippen LogP contribution in [0.25, 0.3) is 6.08 Å². The maximum Gasteiger partial charge on any atom is 0.281 e. The number of aryl methyl sites for hydroxylation is 3. The molecule has 0 bridgehead atoms. The molecule has 1 heterocycles. The van der Waals surface area contributed by atoms with Crippen LogP contribution in [0.5, 0.6) is 0 Å². The maximum atomic E-state index is 12.8. The van der Waals surface area contributed by atoms with Gasteiger partial charge in [0.1, 0.15) is 5.70 Å². The molecule has 1 amide bonds. The lowest BCUT2D eigenvalue weighted by Gasteiger charge is -2.17. The van der Waals surface area contributed by atoms with Crippen molar-refractivity contribution in [3.8, 4) is 0 Å². The van der Waals surface area contributed by atoms with Gasteiger partial charge in [-0.1, -0.05) is 48.9 Å². The van der Waals surface area contributed by atoms with Crippen molar-refractivity contribution in [1.82, 2.24) is 5.32 Å². The molecule has 0 saturated carbocycles. The molecule has 0 aromatic heterocycles. The molecule has 1 aliphatic rings. The first-order valence-electron chi connectivity index (χ1n) is 8.03. The van der Waals surface area contributed by atoms with Crippen LogP contribution >= 0.6 is 12.2 Å². The van der Waals surface area contributed by atoms with Crippen molar-refractivity contribution in [2.24, 2.45) is 0 Å². The van der Waals surface area contributed by atoms with E-state index in [2.05, 4.69) is 30.4 Å². The smallest absolute Gasteiger partial charge is 0.281 e. The molecule has 2 aromatic rings. The Labute approximate surface area is 148 Å². The van der Waals surface area contributed by atoms with Gasteiger partial charge in [0.2, 0.25) is 0 Å². The zero-order valence-corrected chi connectivity index (χ0v) is 14.9.